The molecule has 1 amide bonds. The van der Waals surface area contributed by atoms with Crippen LogP contribution in [0, 0.1) is 6.92 Å². The lowest BCUT2D eigenvalue weighted by Gasteiger charge is -2.09. The molecule has 0 aliphatic rings. The van der Waals surface area contributed by atoms with Gasteiger partial charge in [-0.15, -0.1) is 0 Å². The van der Waals surface area contributed by atoms with Crippen molar-refractivity contribution in [2.75, 3.05) is 11.9 Å². The van der Waals surface area contributed by atoms with Crippen LogP contribution in [0.25, 0.3) is 0 Å². The number of halogens is 2. The molecule has 0 aromatic heterocycles. The number of nitrogens with one attached hydrogen (secondary N) is 1. The average molecular weight is 383 g/mol. The summed E-state index contributed by atoms with van der Waals surface area (Å²) in [7, 11) is 0. The Morgan fingerprint density at radius 3 is 2.50 bits per heavy atom. The zero-order chi connectivity index (χ0) is 16.1. The molecule has 114 valence electrons. The Balaban J connectivity index is 1.89. The lowest BCUT2D eigenvalue weighted by molar-refractivity contribution is -0.119. The maximum absolute atomic E-state index is 11.8. The number of amides is 1. The van der Waals surface area contributed by atoms with Crippen LogP contribution in [0.2, 0.25) is 5.02 Å². The molecule has 0 unspecified atom stereocenters. The monoisotopic (exact) mass is 381 g/mol. The van der Waals surface area contributed by atoms with E-state index < -0.39 is 11.9 Å². The van der Waals surface area contributed by atoms with Crippen LogP contribution in [-0.4, -0.2) is 18.5 Å². The molecule has 0 saturated heterocycles. The van der Waals surface area contributed by atoms with Crippen molar-refractivity contribution >= 4 is 45.1 Å². The number of hydrogen-bond acceptors (Lipinski definition) is 3. The summed E-state index contributed by atoms with van der Waals surface area (Å²) < 4.78 is 5.72. The van der Waals surface area contributed by atoms with E-state index in [0.29, 0.717) is 16.3 Å². The second kappa shape index (κ2) is 7.42. The van der Waals surface area contributed by atoms with Crippen LogP contribution in [0.3, 0.4) is 0 Å². The van der Waals surface area contributed by atoms with Gasteiger partial charge in [-0.3, -0.25) is 4.79 Å². The van der Waals surface area contributed by atoms with E-state index in [4.69, 9.17) is 16.3 Å². The summed E-state index contributed by atoms with van der Waals surface area (Å²) >= 11 is 9.10. The van der Waals surface area contributed by atoms with Crippen molar-refractivity contribution < 1.29 is 14.3 Å². The Morgan fingerprint density at radius 1 is 1.18 bits per heavy atom. The van der Waals surface area contributed by atoms with Gasteiger partial charge in [0.1, 0.15) is 0 Å². The maximum atomic E-state index is 11.8. The van der Waals surface area contributed by atoms with Crippen LogP contribution in [0.4, 0.5) is 5.69 Å². The highest BCUT2D eigenvalue weighted by molar-refractivity contribution is 9.10. The van der Waals surface area contributed by atoms with E-state index in [1.54, 1.807) is 30.3 Å². The van der Waals surface area contributed by atoms with Gasteiger partial charge < -0.3 is 10.1 Å². The van der Waals surface area contributed by atoms with Crippen molar-refractivity contribution in [3.05, 3.63) is 63.1 Å². The van der Waals surface area contributed by atoms with Crippen molar-refractivity contribution in [2.24, 2.45) is 0 Å². The van der Waals surface area contributed by atoms with Gasteiger partial charge in [0.2, 0.25) is 0 Å². The Hall–Kier alpha value is -1.85. The molecule has 0 radical (unpaired) electrons. The molecule has 1 N–H and O–H groups in total. The normalized spacial score (nSPS) is 10.1. The number of aryl methyl sites for hydroxylation is 1. The zero-order valence-electron chi connectivity index (χ0n) is 11.7. The van der Waals surface area contributed by atoms with Gasteiger partial charge in [-0.05, 0) is 64.8 Å². The van der Waals surface area contributed by atoms with Crippen LogP contribution in [0.1, 0.15) is 15.9 Å². The predicted octanol–water partition coefficient (Wildman–Crippen LogP) is 4.21. The summed E-state index contributed by atoms with van der Waals surface area (Å²) in [4.78, 5) is 23.6. The molecule has 6 heteroatoms. The molecule has 0 heterocycles. The molecule has 0 bridgehead atoms. The Bertz CT molecular complexity index is 701. The molecule has 22 heavy (non-hydrogen) atoms. The molecule has 2 rings (SSSR count). The number of hydrogen-bond donors (Lipinski definition) is 1. The fraction of sp³-hybridized carbons (Fsp3) is 0.125. The van der Waals surface area contributed by atoms with Crippen molar-refractivity contribution in [3.8, 4) is 0 Å². The maximum Gasteiger partial charge on any atom is 0.338 e. The van der Waals surface area contributed by atoms with Gasteiger partial charge in [0.15, 0.2) is 6.61 Å². The Morgan fingerprint density at radius 2 is 1.86 bits per heavy atom. The summed E-state index contributed by atoms with van der Waals surface area (Å²) in [5.41, 5.74) is 2.03. The highest BCUT2D eigenvalue weighted by atomic mass is 79.9. The van der Waals surface area contributed by atoms with Gasteiger partial charge in [0, 0.05) is 9.50 Å². The van der Waals surface area contributed by atoms with Crippen LogP contribution in [0.15, 0.2) is 46.9 Å². The van der Waals surface area contributed by atoms with E-state index in [2.05, 4.69) is 21.2 Å². The molecular formula is C16H13BrClNO3. The molecule has 0 atom stereocenters. The van der Waals surface area contributed by atoms with Crippen molar-refractivity contribution in [1.82, 2.24) is 0 Å². The smallest absolute Gasteiger partial charge is 0.338 e. The summed E-state index contributed by atoms with van der Waals surface area (Å²) in [6, 6.07) is 11.8. The highest BCUT2D eigenvalue weighted by Gasteiger charge is 2.11. The van der Waals surface area contributed by atoms with Crippen molar-refractivity contribution in [3.63, 3.8) is 0 Å². The minimum absolute atomic E-state index is 0.341. The third-order valence-electron chi connectivity index (χ3n) is 2.81. The number of carbonyl (C=O) groups excluding carboxylic acids is 2. The van der Waals surface area contributed by atoms with Gasteiger partial charge in [-0.2, -0.15) is 0 Å². The molecule has 2 aromatic rings. The molecule has 2 aromatic carbocycles. The molecule has 0 aliphatic heterocycles. The van der Waals surface area contributed by atoms with E-state index in [-0.39, 0.29) is 6.61 Å². The first-order chi connectivity index (χ1) is 10.5. The lowest BCUT2D eigenvalue weighted by Crippen LogP contribution is -2.21. The number of carbonyl (C=O) groups is 2. The fourth-order valence-electron chi connectivity index (χ4n) is 1.71. The number of anilines is 1. The Kier molecular flexibility index (Phi) is 5.57. The standard InChI is InChI=1S/C16H13BrClNO3/c1-10-2-7-14(13(17)8-10)19-15(20)9-22-16(21)11-3-5-12(18)6-4-11/h2-8H,9H2,1H3,(H,19,20). The van der Waals surface area contributed by atoms with Crippen LogP contribution < -0.4 is 5.32 Å². The van der Waals surface area contributed by atoms with Crippen LogP contribution in [0.5, 0.6) is 0 Å². The highest BCUT2D eigenvalue weighted by Crippen LogP contribution is 2.23. The molecule has 0 aliphatic carbocycles. The van der Waals surface area contributed by atoms with E-state index in [1.807, 2.05) is 19.1 Å². The fourth-order valence-corrected chi connectivity index (χ4v) is 2.43. The van der Waals surface area contributed by atoms with Gasteiger partial charge in [-0.1, -0.05) is 17.7 Å². The lowest BCUT2D eigenvalue weighted by atomic mass is 10.2. The second-order valence-corrected chi connectivity index (χ2v) is 5.91. The summed E-state index contributed by atoms with van der Waals surface area (Å²) in [5.74, 6) is -0.985. The van der Waals surface area contributed by atoms with E-state index in [9.17, 15) is 9.59 Å². The number of ether oxygens (including phenoxy) is 1. The number of esters is 1. The summed E-state index contributed by atoms with van der Waals surface area (Å²) in [5, 5.41) is 3.20. The third kappa shape index (κ3) is 4.58. The van der Waals surface area contributed by atoms with Gasteiger partial charge in [-0.25, -0.2) is 4.79 Å². The van der Waals surface area contributed by atoms with Crippen molar-refractivity contribution in [2.45, 2.75) is 6.92 Å². The number of rotatable bonds is 4. The Labute approximate surface area is 141 Å². The van der Waals surface area contributed by atoms with Crippen LogP contribution >= 0.6 is 27.5 Å². The van der Waals surface area contributed by atoms with Gasteiger partial charge in [0.25, 0.3) is 5.91 Å². The molecule has 0 saturated carbocycles. The molecule has 0 fully saturated rings. The van der Waals surface area contributed by atoms with E-state index in [0.717, 1.165) is 10.0 Å². The van der Waals surface area contributed by atoms with E-state index in [1.165, 1.54) is 0 Å². The molecule has 4 nitrogen and oxygen atoms in total. The average Bonchev–Trinajstić information content (AvgIpc) is 2.48. The summed E-state index contributed by atoms with van der Waals surface area (Å²) in [6.07, 6.45) is 0. The molecule has 0 spiro atoms. The van der Waals surface area contributed by atoms with Crippen molar-refractivity contribution in [1.29, 1.82) is 0 Å². The first-order valence-electron chi connectivity index (χ1n) is 6.44. The minimum atomic E-state index is -0.574. The summed E-state index contributed by atoms with van der Waals surface area (Å²) in [6.45, 7) is 1.59. The quantitative estimate of drug-likeness (QED) is 0.806. The topological polar surface area (TPSA) is 55.4 Å². The van der Waals surface area contributed by atoms with E-state index >= 15 is 0 Å². The molecular weight excluding hydrogens is 370 g/mol. The minimum Gasteiger partial charge on any atom is -0.452 e. The first kappa shape index (κ1) is 16.5. The van der Waals surface area contributed by atoms with Gasteiger partial charge >= 0.3 is 5.97 Å². The van der Waals surface area contributed by atoms with Crippen LogP contribution in [-0.2, 0) is 9.53 Å². The number of benzene rings is 2. The second-order valence-electron chi connectivity index (χ2n) is 4.61. The zero-order valence-corrected chi connectivity index (χ0v) is 14.1. The third-order valence-corrected chi connectivity index (χ3v) is 3.72. The largest absolute Gasteiger partial charge is 0.452 e. The first-order valence-corrected chi connectivity index (χ1v) is 7.61. The SMILES string of the molecule is Cc1ccc(NC(=O)COC(=O)c2ccc(Cl)cc2)c(Br)c1. The van der Waals surface area contributed by atoms with Gasteiger partial charge in [0.05, 0.1) is 11.3 Å². The predicted molar refractivity (Wildman–Crippen MR) is 89.2 cm³/mol.